The summed E-state index contributed by atoms with van der Waals surface area (Å²) in [6.07, 6.45) is 2.89. The first kappa shape index (κ1) is 18.9. The summed E-state index contributed by atoms with van der Waals surface area (Å²) in [5.74, 6) is 1.76. The normalized spacial score (nSPS) is 18.1. The number of ether oxygens (including phenoxy) is 1. The van der Waals surface area contributed by atoms with E-state index in [4.69, 9.17) is 14.7 Å². The third-order valence-corrected chi connectivity index (χ3v) is 7.05. The zero-order valence-corrected chi connectivity index (χ0v) is 17.3. The van der Waals surface area contributed by atoms with Gasteiger partial charge in [0.1, 0.15) is 30.3 Å². The van der Waals surface area contributed by atoms with Crippen molar-refractivity contribution in [2.45, 2.75) is 31.9 Å². The number of aryl methyl sites for hydroxylation is 2. The van der Waals surface area contributed by atoms with Crippen LogP contribution >= 0.6 is 11.3 Å². The van der Waals surface area contributed by atoms with Crippen LogP contribution in [0.3, 0.4) is 0 Å². The molecule has 1 aromatic carbocycles. The van der Waals surface area contributed by atoms with Crippen molar-refractivity contribution < 1.29 is 14.7 Å². The van der Waals surface area contributed by atoms with Crippen molar-refractivity contribution in [3.63, 3.8) is 0 Å². The van der Waals surface area contributed by atoms with E-state index in [-0.39, 0.29) is 0 Å². The second-order valence-electron chi connectivity index (χ2n) is 7.87. The van der Waals surface area contributed by atoms with Gasteiger partial charge in [-0.1, -0.05) is 30.3 Å². The molecule has 0 radical (unpaired) electrons. The van der Waals surface area contributed by atoms with Gasteiger partial charge in [0, 0.05) is 11.4 Å². The van der Waals surface area contributed by atoms with Crippen LogP contribution in [0.1, 0.15) is 34.4 Å². The molecule has 1 aliphatic heterocycles. The second-order valence-corrected chi connectivity index (χ2v) is 8.96. The molecule has 0 bridgehead atoms. The number of hydrogen-bond acceptors (Lipinski definition) is 6. The van der Waals surface area contributed by atoms with Gasteiger partial charge in [-0.3, -0.25) is 0 Å². The average molecular weight is 412 g/mol. The lowest BCUT2D eigenvalue weighted by molar-refractivity contribution is -0.922. The monoisotopic (exact) mass is 411 g/mol. The fourth-order valence-corrected chi connectivity index (χ4v) is 5.57. The minimum absolute atomic E-state index is 0.435. The largest absolute Gasteiger partial charge is 0.387 e. The number of rotatable bonds is 6. The number of thiophene rings is 1. The molecule has 2 aromatic heterocycles. The van der Waals surface area contributed by atoms with Gasteiger partial charge >= 0.3 is 0 Å². The van der Waals surface area contributed by atoms with Gasteiger partial charge in [0.15, 0.2) is 5.82 Å². The van der Waals surface area contributed by atoms with E-state index in [1.807, 2.05) is 41.7 Å². The summed E-state index contributed by atoms with van der Waals surface area (Å²) in [6, 6.07) is 9.79. The Morgan fingerprint density at radius 3 is 2.79 bits per heavy atom. The summed E-state index contributed by atoms with van der Waals surface area (Å²) in [5.41, 5.74) is 2.32. The van der Waals surface area contributed by atoms with Crippen LogP contribution < -0.4 is 10.2 Å². The molecule has 6 nitrogen and oxygen atoms in total. The van der Waals surface area contributed by atoms with Crippen LogP contribution in [-0.2, 0) is 24.1 Å². The lowest BCUT2D eigenvalue weighted by Crippen LogP contribution is -3.12. The molecule has 1 aliphatic carbocycles. The van der Waals surface area contributed by atoms with E-state index in [9.17, 15) is 5.11 Å². The Balaban J connectivity index is 1.43. The van der Waals surface area contributed by atoms with Gasteiger partial charge in [0.2, 0.25) is 0 Å². The van der Waals surface area contributed by atoms with Gasteiger partial charge in [-0.25, -0.2) is 9.97 Å². The quantitative estimate of drug-likeness (QED) is 0.576. The van der Waals surface area contributed by atoms with Crippen molar-refractivity contribution >= 4 is 27.4 Å². The number of fused-ring (bicyclic) bond motifs is 3. The number of aliphatic hydroxyl groups is 1. The number of anilines is 1. The Kier molecular flexibility index (Phi) is 5.46. The summed E-state index contributed by atoms with van der Waals surface area (Å²) in [5, 5.41) is 15.2. The van der Waals surface area contributed by atoms with Crippen LogP contribution in [0.5, 0.6) is 0 Å². The Morgan fingerprint density at radius 2 is 1.97 bits per heavy atom. The number of benzene rings is 1. The molecule has 0 unspecified atom stereocenters. The first-order valence-corrected chi connectivity index (χ1v) is 11.3. The van der Waals surface area contributed by atoms with E-state index in [0.29, 0.717) is 6.54 Å². The van der Waals surface area contributed by atoms with E-state index >= 15 is 0 Å². The molecule has 1 saturated heterocycles. The fourth-order valence-electron chi connectivity index (χ4n) is 4.29. The smallest absolute Gasteiger partial charge is 0.187 e. The van der Waals surface area contributed by atoms with Gasteiger partial charge in [-0.05, 0) is 30.4 Å². The molecule has 3 heterocycles. The van der Waals surface area contributed by atoms with E-state index in [1.54, 1.807) is 0 Å². The number of nitrogens with one attached hydrogen (secondary N) is 2. The highest BCUT2D eigenvalue weighted by atomic mass is 32.1. The highest BCUT2D eigenvalue weighted by Gasteiger charge is 2.24. The Hall–Kier alpha value is -2.06. The number of nitrogens with zero attached hydrogens (tertiary/aromatic N) is 2. The van der Waals surface area contributed by atoms with Crippen molar-refractivity contribution in [2.24, 2.45) is 0 Å². The predicted octanol–water partition coefficient (Wildman–Crippen LogP) is 1.74. The average Bonchev–Trinajstić information content (AvgIpc) is 3.34. The van der Waals surface area contributed by atoms with Crippen LogP contribution in [0.15, 0.2) is 30.3 Å². The van der Waals surface area contributed by atoms with Crippen molar-refractivity contribution in [3.05, 3.63) is 52.2 Å². The summed E-state index contributed by atoms with van der Waals surface area (Å²) in [4.78, 5) is 13.9. The Bertz CT molecular complexity index is 985. The van der Waals surface area contributed by atoms with Crippen LogP contribution in [0.4, 0.5) is 5.82 Å². The lowest BCUT2D eigenvalue weighted by Gasteiger charge is -2.23. The lowest BCUT2D eigenvalue weighted by atomic mass is 10.1. The summed E-state index contributed by atoms with van der Waals surface area (Å²) < 4.78 is 5.48. The van der Waals surface area contributed by atoms with Crippen LogP contribution in [0.2, 0.25) is 0 Å². The number of morpholine rings is 1. The van der Waals surface area contributed by atoms with Gasteiger partial charge < -0.3 is 20.1 Å². The molecule has 0 saturated carbocycles. The predicted molar refractivity (Wildman–Crippen MR) is 115 cm³/mol. The third kappa shape index (κ3) is 4.00. The van der Waals surface area contributed by atoms with Crippen molar-refractivity contribution in [1.82, 2.24) is 9.97 Å². The number of aromatic nitrogens is 2. The molecule has 3 N–H and O–H groups in total. The summed E-state index contributed by atoms with van der Waals surface area (Å²) >= 11 is 1.82. The number of hydrogen-bond donors (Lipinski definition) is 3. The van der Waals surface area contributed by atoms with E-state index in [1.165, 1.54) is 27.1 Å². The Morgan fingerprint density at radius 1 is 1.14 bits per heavy atom. The van der Waals surface area contributed by atoms with E-state index < -0.39 is 6.10 Å². The van der Waals surface area contributed by atoms with Gasteiger partial charge in [-0.2, -0.15) is 0 Å². The SMILES string of the molecule is O[C@@H](CNc1nc(C[NH+]2CCOCC2)nc2sc3c(c12)CCC3)c1ccccc1. The number of aliphatic hydroxyl groups excluding tert-OH is 1. The van der Waals surface area contributed by atoms with Gasteiger partial charge in [-0.15, -0.1) is 11.3 Å². The standard InChI is InChI=1S/C22H26N4O2S/c27-17(15-5-2-1-3-6-15)13-23-21-20-16-7-4-8-18(16)29-22(20)25-19(24-21)14-26-9-11-28-12-10-26/h1-3,5-6,17,27H,4,7-14H2,(H,23,24,25)/p+1/t17-/m0/s1. The molecule has 1 fully saturated rings. The van der Waals surface area contributed by atoms with Crippen LogP contribution in [0, 0.1) is 0 Å². The minimum atomic E-state index is -0.568. The van der Waals surface area contributed by atoms with Gasteiger partial charge in [0.25, 0.3) is 0 Å². The molecular formula is C22H27N4O2S+. The molecule has 2 aliphatic rings. The molecule has 152 valence electrons. The number of quaternary nitrogens is 1. The maximum absolute atomic E-state index is 10.6. The molecule has 0 spiro atoms. The molecule has 7 heteroatoms. The van der Waals surface area contributed by atoms with Crippen molar-refractivity contribution in [2.75, 3.05) is 38.2 Å². The molecule has 5 rings (SSSR count). The van der Waals surface area contributed by atoms with Crippen LogP contribution in [-0.4, -0.2) is 47.9 Å². The highest BCUT2D eigenvalue weighted by Crippen LogP contribution is 2.39. The first-order chi connectivity index (χ1) is 14.3. The zero-order chi connectivity index (χ0) is 19.6. The van der Waals surface area contributed by atoms with Crippen LogP contribution in [0.25, 0.3) is 10.2 Å². The molecular weight excluding hydrogens is 384 g/mol. The summed E-state index contributed by atoms with van der Waals surface area (Å²) in [6.45, 7) is 4.86. The fraction of sp³-hybridized carbons (Fsp3) is 0.455. The molecule has 0 amide bonds. The van der Waals surface area contributed by atoms with E-state index in [0.717, 1.165) is 67.7 Å². The van der Waals surface area contributed by atoms with Gasteiger partial charge in [0.05, 0.1) is 24.7 Å². The topological polar surface area (TPSA) is 71.7 Å². The minimum Gasteiger partial charge on any atom is -0.387 e. The zero-order valence-electron chi connectivity index (χ0n) is 16.5. The molecule has 29 heavy (non-hydrogen) atoms. The summed E-state index contributed by atoms with van der Waals surface area (Å²) in [7, 11) is 0. The molecule has 3 aromatic rings. The first-order valence-electron chi connectivity index (χ1n) is 10.5. The maximum atomic E-state index is 10.6. The van der Waals surface area contributed by atoms with E-state index in [2.05, 4.69) is 5.32 Å². The highest BCUT2D eigenvalue weighted by molar-refractivity contribution is 7.19. The Labute approximate surface area is 174 Å². The van der Waals surface area contributed by atoms with Crippen molar-refractivity contribution in [1.29, 1.82) is 0 Å². The molecule has 1 atom stereocenters. The third-order valence-electron chi connectivity index (χ3n) is 5.87. The second kappa shape index (κ2) is 8.36. The van der Waals surface area contributed by atoms with Crippen molar-refractivity contribution in [3.8, 4) is 0 Å². The maximum Gasteiger partial charge on any atom is 0.187 e.